The summed E-state index contributed by atoms with van der Waals surface area (Å²) in [5.41, 5.74) is -0.681. The number of rotatable bonds is 8. The number of nitrogens with zero attached hydrogens (tertiary/aromatic N) is 1. The second kappa shape index (κ2) is 10.1. The highest BCUT2D eigenvalue weighted by molar-refractivity contribution is 6.74. The van der Waals surface area contributed by atoms with Gasteiger partial charge in [-0.15, -0.1) is 0 Å². The minimum atomic E-state index is -2.62. The van der Waals surface area contributed by atoms with Gasteiger partial charge in [-0.25, -0.2) is 0 Å². The predicted molar refractivity (Wildman–Crippen MR) is 141 cm³/mol. The fourth-order valence-electron chi connectivity index (χ4n) is 4.70. The quantitative estimate of drug-likeness (QED) is 0.375. The highest BCUT2D eigenvalue weighted by Gasteiger charge is 2.58. The monoisotopic (exact) mass is 541 g/mol. The molecule has 2 aliphatic heterocycles. The predicted octanol–water partition coefficient (Wildman–Crippen LogP) is 4.70. The van der Waals surface area contributed by atoms with Crippen LogP contribution in [0, 0.1) is 23.2 Å². The molecule has 10 heteroatoms. The fraction of sp³-hybridized carbons (Fsp3) is 0.500. The Labute approximate surface area is 224 Å². The first-order valence-electron chi connectivity index (χ1n) is 12.5. The lowest BCUT2D eigenvalue weighted by Gasteiger charge is -2.46. The van der Waals surface area contributed by atoms with Crippen molar-refractivity contribution in [2.45, 2.75) is 50.6 Å². The van der Waals surface area contributed by atoms with Gasteiger partial charge in [0.1, 0.15) is 6.07 Å². The molecule has 0 bridgehead atoms. The lowest BCUT2D eigenvalue weighted by Crippen LogP contribution is -2.53. The number of hydrogen-bond acceptors (Lipinski definition) is 9. The van der Waals surface area contributed by atoms with Gasteiger partial charge in [0, 0.05) is 5.56 Å². The number of aliphatic hydroxyl groups is 1. The van der Waals surface area contributed by atoms with Crippen LogP contribution in [0.15, 0.2) is 36.4 Å². The van der Waals surface area contributed by atoms with Crippen LogP contribution >= 0.6 is 0 Å². The van der Waals surface area contributed by atoms with E-state index in [1.54, 1.807) is 36.4 Å². The molecule has 38 heavy (non-hydrogen) atoms. The fourth-order valence-corrected chi connectivity index (χ4v) is 6.13. The van der Waals surface area contributed by atoms with Crippen LogP contribution in [0.5, 0.6) is 23.0 Å². The average Bonchev–Trinajstić information content (AvgIpc) is 3.51. The van der Waals surface area contributed by atoms with E-state index in [1.165, 1.54) is 14.2 Å². The van der Waals surface area contributed by atoms with Crippen LogP contribution in [0.3, 0.4) is 0 Å². The van der Waals surface area contributed by atoms with E-state index in [9.17, 15) is 15.2 Å². The molecule has 2 heterocycles. The van der Waals surface area contributed by atoms with Crippen LogP contribution in [-0.2, 0) is 19.6 Å². The van der Waals surface area contributed by atoms with Crippen molar-refractivity contribution in [3.63, 3.8) is 0 Å². The third-order valence-corrected chi connectivity index (χ3v) is 12.4. The SMILES string of the molecule is COc1ccc(C(C#N)(O[Si](C)(C)C(C)(C)C)[C@@H]2COC(=O)[C@H]2C(O)c2ccc3c(c2)OCO3)cc1OC. The number of ether oxygens (including phenoxy) is 5. The maximum absolute atomic E-state index is 13.2. The normalized spacial score (nSPS) is 21.3. The molecule has 0 spiro atoms. The molecule has 0 amide bonds. The van der Waals surface area contributed by atoms with Crippen molar-refractivity contribution in [3.05, 3.63) is 47.5 Å². The van der Waals surface area contributed by atoms with E-state index in [2.05, 4.69) is 26.8 Å². The molecule has 0 aliphatic carbocycles. The van der Waals surface area contributed by atoms with Gasteiger partial charge in [-0.1, -0.05) is 32.9 Å². The Kier molecular flexibility index (Phi) is 7.40. The van der Waals surface area contributed by atoms with Crippen molar-refractivity contribution >= 4 is 14.3 Å². The number of carbonyl (C=O) groups is 1. The van der Waals surface area contributed by atoms with Crippen LogP contribution in [0.2, 0.25) is 18.1 Å². The third kappa shape index (κ3) is 4.70. The summed E-state index contributed by atoms with van der Waals surface area (Å²) in [6.07, 6.45) is -1.28. The van der Waals surface area contributed by atoms with Gasteiger partial charge in [0.05, 0.1) is 38.8 Å². The molecule has 4 atom stereocenters. The number of cyclic esters (lactones) is 1. The smallest absolute Gasteiger partial charge is 0.312 e. The largest absolute Gasteiger partial charge is 0.493 e. The number of aliphatic hydroxyl groups excluding tert-OH is 1. The van der Waals surface area contributed by atoms with Crippen LogP contribution in [0.4, 0.5) is 0 Å². The molecule has 2 aromatic rings. The summed E-state index contributed by atoms with van der Waals surface area (Å²) in [5, 5.41) is 22.2. The second-order valence-electron chi connectivity index (χ2n) is 11.1. The van der Waals surface area contributed by atoms with Crippen molar-refractivity contribution in [3.8, 4) is 29.1 Å². The molecule has 0 radical (unpaired) electrons. The molecule has 2 aromatic carbocycles. The molecule has 0 aromatic heterocycles. The summed E-state index contributed by atoms with van der Waals surface area (Å²) in [4.78, 5) is 13.2. The van der Waals surface area contributed by atoms with E-state index in [0.717, 1.165) is 0 Å². The Balaban J connectivity index is 1.86. The Hall–Kier alpha value is -3.26. The van der Waals surface area contributed by atoms with E-state index >= 15 is 0 Å². The van der Waals surface area contributed by atoms with Gasteiger partial charge in [-0.2, -0.15) is 5.26 Å². The average molecular weight is 542 g/mol. The minimum Gasteiger partial charge on any atom is -0.493 e. The number of fused-ring (bicyclic) bond motifs is 1. The Morgan fingerprint density at radius 2 is 1.71 bits per heavy atom. The zero-order valence-electron chi connectivity index (χ0n) is 22.9. The standard InChI is InChI=1S/C28H35NO8Si/c1-27(2,3)38(6,7)37-28(15-29,18-9-11-20(32-4)22(13-18)33-5)19-14-34-26(31)24(19)25(30)17-8-10-21-23(12-17)36-16-35-21/h8-13,19,24-25,30H,14,16H2,1-7H3/t19-,24-,25?,28?/m1/s1. The maximum atomic E-state index is 13.2. The van der Waals surface area contributed by atoms with E-state index in [1.807, 2.05) is 13.1 Å². The van der Waals surface area contributed by atoms with Crippen LogP contribution < -0.4 is 18.9 Å². The minimum absolute atomic E-state index is 0.0835. The number of nitriles is 1. The molecule has 4 rings (SSSR count). The van der Waals surface area contributed by atoms with E-state index in [0.29, 0.717) is 34.1 Å². The lowest BCUT2D eigenvalue weighted by atomic mass is 9.73. The van der Waals surface area contributed by atoms with Crippen molar-refractivity contribution in [1.82, 2.24) is 0 Å². The molecule has 1 N–H and O–H groups in total. The summed E-state index contributed by atoms with van der Waals surface area (Å²) in [6.45, 7) is 10.3. The zero-order chi connectivity index (χ0) is 27.9. The van der Waals surface area contributed by atoms with Gasteiger partial charge in [0.25, 0.3) is 0 Å². The molecule has 1 fully saturated rings. The van der Waals surface area contributed by atoms with Crippen LogP contribution in [0.25, 0.3) is 0 Å². The molecule has 0 saturated carbocycles. The first kappa shape index (κ1) is 27.8. The highest BCUT2D eigenvalue weighted by atomic mass is 28.4. The van der Waals surface area contributed by atoms with Gasteiger partial charge < -0.3 is 33.2 Å². The lowest BCUT2D eigenvalue weighted by molar-refractivity contribution is -0.144. The van der Waals surface area contributed by atoms with Crippen LogP contribution in [-0.4, -0.2) is 47.0 Å². The number of esters is 1. The number of hydrogen-bond donors (Lipinski definition) is 1. The van der Waals surface area contributed by atoms with Gasteiger partial charge in [-0.3, -0.25) is 4.79 Å². The van der Waals surface area contributed by atoms with E-state index in [-0.39, 0.29) is 18.4 Å². The highest BCUT2D eigenvalue weighted by Crippen LogP contribution is 2.51. The first-order valence-corrected chi connectivity index (χ1v) is 15.4. The van der Waals surface area contributed by atoms with Crippen LogP contribution in [0.1, 0.15) is 38.0 Å². The topological polar surface area (TPSA) is 116 Å². The molecular weight excluding hydrogens is 506 g/mol. The molecule has 1 saturated heterocycles. The summed E-state index contributed by atoms with van der Waals surface area (Å²) >= 11 is 0. The molecule has 2 unspecified atom stereocenters. The van der Waals surface area contributed by atoms with Gasteiger partial charge in [-0.05, 0) is 48.0 Å². The van der Waals surface area contributed by atoms with E-state index < -0.39 is 37.8 Å². The maximum Gasteiger partial charge on any atom is 0.312 e. The van der Waals surface area contributed by atoms with Gasteiger partial charge >= 0.3 is 5.97 Å². The van der Waals surface area contributed by atoms with Crippen molar-refractivity contribution in [2.24, 2.45) is 11.8 Å². The van der Waals surface area contributed by atoms with Crippen molar-refractivity contribution in [2.75, 3.05) is 27.6 Å². The van der Waals surface area contributed by atoms with E-state index in [4.69, 9.17) is 28.1 Å². The summed E-state index contributed by atoms with van der Waals surface area (Å²) < 4.78 is 34.2. The molecule has 9 nitrogen and oxygen atoms in total. The summed E-state index contributed by atoms with van der Waals surface area (Å²) in [6, 6.07) is 12.6. The van der Waals surface area contributed by atoms with Crippen molar-refractivity contribution in [1.29, 1.82) is 5.26 Å². The number of benzene rings is 2. The number of methoxy groups -OCH3 is 2. The molecule has 204 valence electrons. The first-order chi connectivity index (χ1) is 17.9. The molecular formula is C28H35NO8Si. The Morgan fingerprint density at radius 3 is 2.34 bits per heavy atom. The number of carbonyl (C=O) groups excluding carboxylic acids is 1. The Morgan fingerprint density at radius 1 is 1.03 bits per heavy atom. The third-order valence-electron chi connectivity index (χ3n) is 7.91. The van der Waals surface area contributed by atoms with Crippen molar-refractivity contribution < 1.29 is 38.0 Å². The van der Waals surface area contributed by atoms with Gasteiger partial charge in [0.2, 0.25) is 6.79 Å². The summed E-state index contributed by atoms with van der Waals surface area (Å²) in [5.74, 6) is -0.551. The molecule has 2 aliphatic rings. The van der Waals surface area contributed by atoms with Gasteiger partial charge in [0.15, 0.2) is 36.9 Å². The Bertz CT molecular complexity index is 1250. The summed E-state index contributed by atoms with van der Waals surface area (Å²) in [7, 11) is 0.423. The zero-order valence-corrected chi connectivity index (χ0v) is 23.9. The second-order valence-corrected chi connectivity index (χ2v) is 15.8.